The first-order chi connectivity index (χ1) is 20.6. The molecule has 0 aliphatic carbocycles. The van der Waals surface area contributed by atoms with Gasteiger partial charge in [-0.2, -0.15) is 25.8 Å². The van der Waals surface area contributed by atoms with Gasteiger partial charge in [0.1, 0.15) is 28.4 Å². The van der Waals surface area contributed by atoms with Crippen molar-refractivity contribution in [2.45, 2.75) is 87.9 Å². The summed E-state index contributed by atoms with van der Waals surface area (Å²) in [5, 5.41) is 5.74. The van der Waals surface area contributed by atoms with Gasteiger partial charge in [-0.3, -0.25) is 4.79 Å². The van der Waals surface area contributed by atoms with E-state index in [4.69, 9.17) is 10.5 Å². The van der Waals surface area contributed by atoms with Gasteiger partial charge in [-0.15, -0.1) is 0 Å². The maximum absolute atomic E-state index is 13.8. The zero-order valence-electron chi connectivity index (χ0n) is 24.9. The van der Waals surface area contributed by atoms with E-state index in [-0.39, 0.29) is 30.8 Å². The lowest BCUT2D eigenvalue weighted by Crippen LogP contribution is -2.53. The van der Waals surface area contributed by atoms with Gasteiger partial charge in [0.05, 0.1) is 5.75 Å². The average molecular weight is 668 g/mol. The minimum Gasteiger partial charge on any atom is -0.458 e. The molecule has 2 rings (SSSR count). The van der Waals surface area contributed by atoms with Crippen molar-refractivity contribution in [1.82, 2.24) is 10.6 Å². The van der Waals surface area contributed by atoms with E-state index < -0.39 is 69.2 Å². The highest BCUT2D eigenvalue weighted by atomic mass is 32.2. The summed E-state index contributed by atoms with van der Waals surface area (Å²) in [6.07, 6.45) is -5.50. The lowest BCUT2D eigenvalue weighted by molar-refractivity contribution is -0.152. The number of halogens is 5. The van der Waals surface area contributed by atoms with Crippen LogP contribution in [0.1, 0.15) is 56.2 Å². The predicted octanol–water partition coefficient (Wildman–Crippen LogP) is 4.87. The van der Waals surface area contributed by atoms with E-state index in [1.807, 2.05) is 31.2 Å². The van der Waals surface area contributed by atoms with Gasteiger partial charge >= 0.3 is 12.1 Å². The number of alkyl halides is 3. The Balaban J connectivity index is 2.28. The minimum absolute atomic E-state index is 0.0122. The molecule has 0 aromatic heterocycles. The van der Waals surface area contributed by atoms with Crippen LogP contribution in [0.15, 0.2) is 42.5 Å². The first-order valence-electron chi connectivity index (χ1n) is 14.5. The number of unbranched alkanes of at least 4 members (excludes halogenated alkanes) is 1. The number of thiol groups is 1. The number of ether oxygens (including phenoxy) is 1. The molecular weight excluding hydrogens is 625 g/mol. The Morgan fingerprint density at radius 2 is 1.68 bits per heavy atom. The average Bonchev–Trinajstić information content (AvgIpc) is 2.94. The molecule has 0 aliphatic heterocycles. The van der Waals surface area contributed by atoms with Gasteiger partial charge in [0.2, 0.25) is 0 Å². The summed E-state index contributed by atoms with van der Waals surface area (Å²) in [6.45, 7) is 3.82. The fourth-order valence-electron chi connectivity index (χ4n) is 4.47. The van der Waals surface area contributed by atoms with E-state index in [9.17, 15) is 35.2 Å². The van der Waals surface area contributed by atoms with E-state index in [1.54, 1.807) is 6.92 Å². The Kier molecular flexibility index (Phi) is 15.5. The smallest absolute Gasteiger partial charge is 0.389 e. The van der Waals surface area contributed by atoms with Crippen LogP contribution in [0, 0.1) is 11.6 Å². The van der Waals surface area contributed by atoms with E-state index in [1.165, 1.54) is 0 Å². The van der Waals surface area contributed by atoms with Crippen LogP contribution in [0.3, 0.4) is 0 Å². The van der Waals surface area contributed by atoms with Gasteiger partial charge in [0.25, 0.3) is 0 Å². The summed E-state index contributed by atoms with van der Waals surface area (Å²) in [5.41, 5.74) is 8.64. The fraction of sp³-hybridized carbons (Fsp3) is 0.567. The molecule has 0 heterocycles. The summed E-state index contributed by atoms with van der Waals surface area (Å²) in [7, 11) is -3.96. The molecular formula is C30H42F5N3O4S2. The molecule has 7 nitrogen and oxygen atoms in total. The quantitative estimate of drug-likeness (QED) is 0.0733. The molecule has 2 unspecified atom stereocenters. The molecule has 0 aliphatic rings. The summed E-state index contributed by atoms with van der Waals surface area (Å²) >= 11 is 4.19. The highest BCUT2D eigenvalue weighted by Gasteiger charge is 2.38. The standard InChI is InChI=1S/C30H42F5N3O4S2/c1-3-5-12-44(40,41)29(43)27(38-11-7-10-30(33,34)35)28(39)42-26(19-37-18-21-9-6-8-20(4-2)13-21)25(36)16-22-14-23(31)17-24(32)15-22/h6,8-9,13-15,17,25-27,29,37-38,43H,3-5,7,10-12,16,18-19,36H2,1-2H3/t25?,26-,27+,29?/m1/s1. The number of hydrogen-bond acceptors (Lipinski definition) is 8. The van der Waals surface area contributed by atoms with Crippen LogP contribution in [0.25, 0.3) is 0 Å². The molecule has 0 saturated carbocycles. The highest BCUT2D eigenvalue weighted by Crippen LogP contribution is 2.22. The molecule has 248 valence electrons. The maximum Gasteiger partial charge on any atom is 0.389 e. The molecule has 2 aromatic rings. The number of rotatable bonds is 19. The van der Waals surface area contributed by atoms with Crippen molar-refractivity contribution in [2.24, 2.45) is 5.73 Å². The third kappa shape index (κ3) is 13.4. The molecule has 0 fully saturated rings. The van der Waals surface area contributed by atoms with Gasteiger partial charge in [0.15, 0.2) is 9.84 Å². The van der Waals surface area contributed by atoms with Gasteiger partial charge < -0.3 is 21.1 Å². The monoisotopic (exact) mass is 667 g/mol. The van der Waals surface area contributed by atoms with Gasteiger partial charge in [-0.25, -0.2) is 17.2 Å². The van der Waals surface area contributed by atoms with Crippen LogP contribution < -0.4 is 16.4 Å². The summed E-state index contributed by atoms with van der Waals surface area (Å²) in [4.78, 5) is 13.5. The Bertz CT molecular complexity index is 1280. The second kappa shape index (κ2) is 18.0. The Morgan fingerprint density at radius 3 is 2.30 bits per heavy atom. The van der Waals surface area contributed by atoms with E-state index >= 15 is 0 Å². The van der Waals surface area contributed by atoms with E-state index in [0.717, 1.165) is 29.7 Å². The molecule has 0 bridgehead atoms. The lowest BCUT2D eigenvalue weighted by atomic mass is 10.0. The number of aryl methyl sites for hydroxylation is 1. The number of nitrogens with one attached hydrogen (secondary N) is 2. The Morgan fingerprint density at radius 1 is 1.02 bits per heavy atom. The van der Waals surface area contributed by atoms with Crippen molar-refractivity contribution >= 4 is 28.4 Å². The minimum atomic E-state index is -4.43. The molecule has 44 heavy (non-hydrogen) atoms. The van der Waals surface area contributed by atoms with Gasteiger partial charge in [0, 0.05) is 31.6 Å². The summed E-state index contributed by atoms with van der Waals surface area (Å²) < 4.78 is 95.7. The van der Waals surface area contributed by atoms with Crippen molar-refractivity contribution in [3.8, 4) is 0 Å². The van der Waals surface area contributed by atoms with Gasteiger partial charge in [-0.1, -0.05) is 44.5 Å². The molecule has 4 N–H and O–H groups in total. The van der Waals surface area contributed by atoms with Crippen LogP contribution in [-0.2, 0) is 38.8 Å². The largest absolute Gasteiger partial charge is 0.458 e. The van der Waals surface area contributed by atoms with Crippen LogP contribution in [0.4, 0.5) is 22.0 Å². The number of carbonyl (C=O) groups is 1. The Hall–Kier alpha value is -2.26. The molecule has 0 amide bonds. The first-order valence-corrected chi connectivity index (χ1v) is 16.8. The molecule has 14 heteroatoms. The second-order valence-electron chi connectivity index (χ2n) is 10.7. The zero-order valence-corrected chi connectivity index (χ0v) is 26.6. The third-order valence-electron chi connectivity index (χ3n) is 6.90. The van der Waals surface area contributed by atoms with Gasteiger partial charge in [-0.05, 0) is 61.1 Å². The maximum atomic E-state index is 13.8. The lowest BCUT2D eigenvalue weighted by Gasteiger charge is -2.29. The number of benzene rings is 2. The van der Waals surface area contributed by atoms with Crippen molar-refractivity contribution in [3.63, 3.8) is 0 Å². The van der Waals surface area contributed by atoms with Crippen molar-refractivity contribution < 1.29 is 39.9 Å². The second-order valence-corrected chi connectivity index (χ2v) is 13.8. The topological polar surface area (TPSA) is 111 Å². The SMILES string of the molecule is CCCCS(=O)(=O)C(S)[C@@H](NCCCC(F)(F)F)C(=O)O[C@H](CNCc1cccc(CC)c1)C(N)Cc1cc(F)cc(F)c1. The molecule has 4 atom stereocenters. The van der Waals surface area contributed by atoms with E-state index in [2.05, 4.69) is 23.3 Å². The summed E-state index contributed by atoms with van der Waals surface area (Å²) in [6, 6.07) is 8.09. The predicted molar refractivity (Wildman–Crippen MR) is 164 cm³/mol. The van der Waals surface area contributed by atoms with Crippen molar-refractivity contribution in [1.29, 1.82) is 0 Å². The van der Waals surface area contributed by atoms with E-state index in [0.29, 0.717) is 25.5 Å². The van der Waals surface area contributed by atoms with Crippen LogP contribution >= 0.6 is 12.6 Å². The number of sulfone groups is 1. The van der Waals surface area contributed by atoms with Crippen molar-refractivity contribution in [3.05, 3.63) is 70.8 Å². The molecule has 0 saturated heterocycles. The molecule has 2 aromatic carbocycles. The Labute approximate surface area is 261 Å². The number of nitrogens with two attached hydrogens (primary N) is 1. The van der Waals surface area contributed by atoms with Crippen LogP contribution in [-0.4, -0.2) is 62.2 Å². The normalized spacial score (nSPS) is 15.0. The van der Waals surface area contributed by atoms with Crippen LogP contribution in [0.2, 0.25) is 0 Å². The van der Waals surface area contributed by atoms with Crippen molar-refractivity contribution in [2.75, 3.05) is 18.8 Å². The number of carbonyl (C=O) groups excluding carboxylic acids is 1. The molecule has 0 spiro atoms. The first kappa shape index (κ1) is 37.9. The fourth-order valence-corrected chi connectivity index (χ4v) is 6.57. The molecule has 0 radical (unpaired) electrons. The zero-order chi connectivity index (χ0) is 32.9. The number of hydrogen-bond donors (Lipinski definition) is 4. The number of esters is 1. The van der Waals surface area contributed by atoms with Crippen LogP contribution in [0.5, 0.6) is 0 Å². The highest BCUT2D eigenvalue weighted by molar-refractivity contribution is 8.05. The third-order valence-corrected chi connectivity index (χ3v) is 10.0. The summed E-state index contributed by atoms with van der Waals surface area (Å²) in [5.74, 6) is -2.98.